The second-order valence-corrected chi connectivity index (χ2v) is 8.62. The molecular weight excluding hydrogens is 465 g/mol. The highest BCUT2D eigenvalue weighted by Crippen LogP contribution is 2.31. The summed E-state index contributed by atoms with van der Waals surface area (Å²) < 4.78 is 53.1. The van der Waals surface area contributed by atoms with Crippen molar-refractivity contribution in [3.05, 3.63) is 71.8 Å². The molecule has 0 spiro atoms. The predicted molar refractivity (Wildman–Crippen MR) is 122 cm³/mol. The van der Waals surface area contributed by atoms with Crippen LogP contribution >= 0.6 is 0 Å². The first-order valence-electron chi connectivity index (χ1n) is 11.0. The zero-order chi connectivity index (χ0) is 26.2. The number of alkyl halides is 3. The van der Waals surface area contributed by atoms with E-state index in [9.17, 15) is 27.6 Å². The zero-order valence-electron chi connectivity index (χ0n) is 20.0. The number of amides is 2. The number of esters is 1. The summed E-state index contributed by atoms with van der Waals surface area (Å²) in [6, 6.07) is 11.6. The van der Waals surface area contributed by atoms with Crippen molar-refractivity contribution < 1.29 is 37.0 Å². The van der Waals surface area contributed by atoms with Gasteiger partial charge >= 0.3 is 18.4 Å². The summed E-state index contributed by atoms with van der Waals surface area (Å²) in [5.41, 5.74) is -0.484. The minimum absolute atomic E-state index is 0.0833. The molecule has 0 unspecified atom stereocenters. The average molecular weight is 495 g/mol. The lowest BCUT2D eigenvalue weighted by Gasteiger charge is -2.34. The number of hydrogen-bond donors (Lipinski definition) is 1. The summed E-state index contributed by atoms with van der Waals surface area (Å²) in [7, 11) is 0. The Balaban J connectivity index is 2.53. The topological polar surface area (TPSA) is 84.9 Å². The van der Waals surface area contributed by atoms with Gasteiger partial charge in [-0.15, -0.1) is 13.2 Å². The van der Waals surface area contributed by atoms with Gasteiger partial charge in [-0.3, -0.25) is 4.79 Å². The first-order valence-corrected chi connectivity index (χ1v) is 11.0. The number of hydrogen-bond acceptors (Lipinski definition) is 5. The van der Waals surface area contributed by atoms with E-state index in [0.29, 0.717) is 5.56 Å². The standard InChI is InChI=1S/C25H29F3N2O5/c1-5-34-22(32)19(16-17-12-8-6-9-13-17)30(25(26,27)28)21(31)20(18-14-10-7-11-15-18)29-23(33)35-24(2,3)4/h6-15,19-20H,5,16H2,1-4H3,(H,29,33)/t19-,20-/m0/s1. The largest absolute Gasteiger partial charge is 0.487 e. The van der Waals surface area contributed by atoms with Crippen molar-refractivity contribution in [3.8, 4) is 0 Å². The smallest absolute Gasteiger partial charge is 0.464 e. The van der Waals surface area contributed by atoms with Crippen LogP contribution in [-0.2, 0) is 25.5 Å². The first-order chi connectivity index (χ1) is 16.3. The highest BCUT2D eigenvalue weighted by atomic mass is 19.4. The van der Waals surface area contributed by atoms with Crippen LogP contribution in [0.3, 0.4) is 0 Å². The predicted octanol–water partition coefficient (Wildman–Crippen LogP) is 4.78. The van der Waals surface area contributed by atoms with Crippen LogP contribution in [0.25, 0.3) is 0 Å². The second kappa shape index (κ2) is 11.7. The molecule has 0 saturated heterocycles. The monoisotopic (exact) mass is 494 g/mol. The van der Waals surface area contributed by atoms with Crippen LogP contribution in [0.15, 0.2) is 60.7 Å². The van der Waals surface area contributed by atoms with E-state index in [1.165, 1.54) is 31.2 Å². The summed E-state index contributed by atoms with van der Waals surface area (Å²) in [6.07, 6.45) is -6.79. The van der Waals surface area contributed by atoms with Gasteiger partial charge in [0, 0.05) is 6.42 Å². The van der Waals surface area contributed by atoms with Gasteiger partial charge in [0.15, 0.2) is 0 Å². The maximum atomic E-state index is 14.4. The van der Waals surface area contributed by atoms with Gasteiger partial charge in [-0.1, -0.05) is 60.7 Å². The number of carbonyl (C=O) groups excluding carboxylic acids is 3. The molecule has 0 radical (unpaired) electrons. The van der Waals surface area contributed by atoms with Gasteiger partial charge in [-0.05, 0) is 38.8 Å². The number of nitrogens with one attached hydrogen (secondary N) is 1. The molecule has 35 heavy (non-hydrogen) atoms. The Hall–Kier alpha value is -3.56. The molecule has 0 saturated carbocycles. The highest BCUT2D eigenvalue weighted by molar-refractivity contribution is 5.91. The fourth-order valence-electron chi connectivity index (χ4n) is 3.31. The molecule has 10 heteroatoms. The normalized spacial score (nSPS) is 13.3. The number of carbonyl (C=O) groups is 3. The number of alkyl carbamates (subject to hydrolysis) is 1. The Morgan fingerprint density at radius 2 is 1.49 bits per heavy atom. The minimum Gasteiger partial charge on any atom is -0.464 e. The molecule has 7 nitrogen and oxygen atoms in total. The molecule has 0 aliphatic rings. The molecule has 0 heterocycles. The van der Waals surface area contributed by atoms with E-state index in [2.05, 4.69) is 5.32 Å². The fourth-order valence-corrected chi connectivity index (χ4v) is 3.31. The van der Waals surface area contributed by atoms with E-state index < -0.39 is 53.3 Å². The van der Waals surface area contributed by atoms with Gasteiger partial charge in [0.25, 0.3) is 5.91 Å². The molecule has 0 aromatic heterocycles. The third-order valence-corrected chi connectivity index (χ3v) is 4.69. The zero-order valence-corrected chi connectivity index (χ0v) is 20.0. The van der Waals surface area contributed by atoms with E-state index >= 15 is 0 Å². The van der Waals surface area contributed by atoms with Gasteiger partial charge in [-0.2, -0.15) is 0 Å². The maximum Gasteiger partial charge on any atom is 0.487 e. The van der Waals surface area contributed by atoms with Gasteiger partial charge in [-0.25, -0.2) is 14.5 Å². The van der Waals surface area contributed by atoms with Crippen molar-refractivity contribution in [3.63, 3.8) is 0 Å². The lowest BCUT2D eigenvalue weighted by molar-refractivity contribution is -0.254. The van der Waals surface area contributed by atoms with Crippen molar-refractivity contribution in [2.45, 2.75) is 58.1 Å². The molecule has 0 aliphatic carbocycles. The number of nitrogens with zero attached hydrogens (tertiary/aromatic N) is 1. The maximum absolute atomic E-state index is 14.4. The van der Waals surface area contributed by atoms with Gasteiger partial charge in [0.2, 0.25) is 0 Å². The quantitative estimate of drug-likeness (QED) is 0.422. The van der Waals surface area contributed by atoms with Gasteiger partial charge in [0.05, 0.1) is 6.61 Å². The lowest BCUT2D eigenvalue weighted by atomic mass is 10.0. The molecule has 0 bridgehead atoms. The Kier molecular flexibility index (Phi) is 9.27. The summed E-state index contributed by atoms with van der Waals surface area (Å²) >= 11 is 0. The van der Waals surface area contributed by atoms with Crippen molar-refractivity contribution in [2.75, 3.05) is 6.61 Å². The van der Waals surface area contributed by atoms with Crippen LogP contribution < -0.4 is 5.32 Å². The Morgan fingerprint density at radius 1 is 0.943 bits per heavy atom. The first kappa shape index (κ1) is 27.7. The Bertz CT molecular complexity index is 992. The molecule has 0 fully saturated rings. The van der Waals surface area contributed by atoms with Crippen molar-refractivity contribution >= 4 is 18.0 Å². The molecular formula is C25H29F3N2O5. The summed E-state index contributed by atoms with van der Waals surface area (Å²) in [5.74, 6) is -2.77. The molecule has 2 aromatic rings. The summed E-state index contributed by atoms with van der Waals surface area (Å²) in [4.78, 5) is 38.1. The molecule has 2 rings (SSSR count). The second-order valence-electron chi connectivity index (χ2n) is 8.62. The van der Waals surface area contributed by atoms with Gasteiger partial charge < -0.3 is 14.8 Å². The van der Waals surface area contributed by atoms with E-state index in [-0.39, 0.29) is 12.2 Å². The number of ether oxygens (including phenoxy) is 2. The molecule has 1 N–H and O–H groups in total. The highest BCUT2D eigenvalue weighted by Gasteiger charge is 2.51. The van der Waals surface area contributed by atoms with Crippen LogP contribution in [0.4, 0.5) is 18.0 Å². The van der Waals surface area contributed by atoms with Crippen molar-refractivity contribution in [1.29, 1.82) is 0 Å². The molecule has 2 aromatic carbocycles. The molecule has 0 aliphatic heterocycles. The Labute approximate surface area is 202 Å². The number of halogens is 3. The molecule has 2 atom stereocenters. The van der Waals surface area contributed by atoms with Crippen LogP contribution in [0.2, 0.25) is 0 Å². The van der Waals surface area contributed by atoms with Crippen LogP contribution in [0.1, 0.15) is 44.9 Å². The summed E-state index contributed by atoms with van der Waals surface area (Å²) in [6.45, 7) is 6.00. The van der Waals surface area contributed by atoms with Gasteiger partial charge in [0.1, 0.15) is 17.7 Å². The van der Waals surface area contributed by atoms with E-state index in [1.54, 1.807) is 57.2 Å². The summed E-state index contributed by atoms with van der Waals surface area (Å²) in [5, 5.41) is 2.23. The van der Waals surface area contributed by atoms with Crippen LogP contribution in [0.5, 0.6) is 0 Å². The third-order valence-electron chi connectivity index (χ3n) is 4.69. The average Bonchev–Trinajstić information content (AvgIpc) is 2.76. The van der Waals surface area contributed by atoms with E-state index in [1.807, 2.05) is 0 Å². The van der Waals surface area contributed by atoms with Crippen LogP contribution in [-0.4, -0.2) is 47.4 Å². The fraction of sp³-hybridized carbons (Fsp3) is 0.400. The third kappa shape index (κ3) is 8.31. The SMILES string of the molecule is CCOC(=O)[C@H](Cc1ccccc1)N(C(=O)[C@@H](NC(=O)OC(C)(C)C)c1ccccc1)C(F)(F)F. The lowest BCUT2D eigenvalue weighted by Crippen LogP contribution is -2.57. The van der Waals surface area contributed by atoms with E-state index in [0.717, 1.165) is 0 Å². The Morgan fingerprint density at radius 3 is 1.97 bits per heavy atom. The van der Waals surface area contributed by atoms with E-state index in [4.69, 9.17) is 9.47 Å². The van der Waals surface area contributed by atoms with Crippen molar-refractivity contribution in [1.82, 2.24) is 10.2 Å². The van der Waals surface area contributed by atoms with Crippen molar-refractivity contribution in [2.24, 2.45) is 0 Å². The van der Waals surface area contributed by atoms with Crippen LogP contribution in [0, 0.1) is 0 Å². The molecule has 2 amide bonds. The minimum atomic E-state index is -5.26. The number of benzene rings is 2. The molecule has 190 valence electrons. The number of rotatable bonds is 8.